The van der Waals surface area contributed by atoms with E-state index >= 15 is 0 Å². The summed E-state index contributed by atoms with van der Waals surface area (Å²) in [5, 5.41) is 13.7. The van der Waals surface area contributed by atoms with Crippen molar-refractivity contribution in [3.05, 3.63) is 24.2 Å². The van der Waals surface area contributed by atoms with E-state index in [4.69, 9.17) is 20.5 Å². The molecule has 0 bridgehead atoms. The summed E-state index contributed by atoms with van der Waals surface area (Å²) < 4.78 is 12.8. The summed E-state index contributed by atoms with van der Waals surface area (Å²) in [5.41, 5.74) is 6.84. The first-order valence-corrected chi connectivity index (χ1v) is 10.9. The standard InChI is InChI=1S/C18H25N5O4.C3H8.CHN/c1-2-3-4-16(24)22-18-14-7-6-13(23(14)21-11-20-18)15-8-5-12(27-15)10-26-17(25)9-19;1-3-2;1-2/h6-7,11-12,15H,2-5,8-10,19H2,1H3,(H,20,21,22,24);3H2,1-2H3;1H. The van der Waals surface area contributed by atoms with Crippen molar-refractivity contribution >= 4 is 23.2 Å². The Morgan fingerprint density at radius 3 is 2.69 bits per heavy atom. The van der Waals surface area contributed by atoms with Crippen LogP contribution in [-0.2, 0) is 19.1 Å². The fourth-order valence-corrected chi connectivity index (χ4v) is 3.12. The zero-order valence-electron chi connectivity index (χ0n) is 19.1. The average molecular weight is 447 g/mol. The number of esters is 1. The van der Waals surface area contributed by atoms with Crippen LogP contribution in [0.3, 0.4) is 0 Å². The number of carbonyl (C=O) groups excluding carboxylic acids is 2. The molecule has 1 saturated heterocycles. The van der Waals surface area contributed by atoms with Gasteiger partial charge < -0.3 is 20.5 Å². The third-order valence-corrected chi connectivity index (χ3v) is 4.53. The van der Waals surface area contributed by atoms with Gasteiger partial charge in [0.25, 0.3) is 0 Å². The predicted octanol–water partition coefficient (Wildman–Crippen LogP) is 3.14. The second-order valence-corrected chi connectivity index (χ2v) is 7.23. The summed E-state index contributed by atoms with van der Waals surface area (Å²) >= 11 is 0. The van der Waals surface area contributed by atoms with Crippen LogP contribution in [0.1, 0.15) is 71.1 Å². The van der Waals surface area contributed by atoms with Crippen LogP contribution < -0.4 is 11.1 Å². The number of rotatable bonds is 8. The van der Waals surface area contributed by atoms with Gasteiger partial charge in [-0.25, -0.2) is 14.8 Å². The number of unbranched alkanes of at least 4 members (excludes halogenated alkanes) is 1. The normalized spacial score (nSPS) is 16.9. The first-order chi connectivity index (χ1) is 15.5. The molecule has 32 heavy (non-hydrogen) atoms. The number of nitrogens with two attached hydrogens (primary N) is 1. The predicted molar refractivity (Wildman–Crippen MR) is 121 cm³/mol. The summed E-state index contributed by atoms with van der Waals surface area (Å²) in [5.74, 6) is -0.00532. The minimum atomic E-state index is -0.439. The Balaban J connectivity index is 0.000000944. The van der Waals surface area contributed by atoms with Crippen molar-refractivity contribution in [1.82, 2.24) is 14.6 Å². The monoisotopic (exact) mass is 446 g/mol. The zero-order valence-corrected chi connectivity index (χ0v) is 19.1. The zero-order chi connectivity index (χ0) is 23.9. The molecule has 0 saturated carbocycles. The maximum Gasteiger partial charge on any atom is 0.319 e. The first kappa shape index (κ1) is 27.0. The van der Waals surface area contributed by atoms with Crippen molar-refractivity contribution in [2.75, 3.05) is 18.5 Å². The number of ether oxygens (including phenoxy) is 2. The maximum atomic E-state index is 12.0. The molecular formula is C22H34N6O4. The van der Waals surface area contributed by atoms with Crippen LogP contribution in [0.5, 0.6) is 0 Å². The van der Waals surface area contributed by atoms with E-state index in [1.807, 2.05) is 19.1 Å². The van der Waals surface area contributed by atoms with Crippen molar-refractivity contribution in [3.8, 4) is 6.57 Å². The van der Waals surface area contributed by atoms with Crippen LogP contribution in [0, 0.1) is 11.8 Å². The Kier molecular flexibility index (Phi) is 12.6. The summed E-state index contributed by atoms with van der Waals surface area (Å²) in [6, 6.07) is 3.79. The van der Waals surface area contributed by atoms with Crippen LogP contribution in [0.15, 0.2) is 18.5 Å². The van der Waals surface area contributed by atoms with E-state index in [0.29, 0.717) is 12.2 Å². The number of hydrogen-bond donors (Lipinski definition) is 2. The minimum Gasteiger partial charge on any atom is -0.462 e. The van der Waals surface area contributed by atoms with Gasteiger partial charge in [0.05, 0.1) is 18.3 Å². The molecule has 1 aliphatic rings. The second kappa shape index (κ2) is 14.9. The summed E-state index contributed by atoms with van der Waals surface area (Å²) in [6.07, 6.45) is 6.18. The number of nitriles is 1. The molecule has 3 rings (SSSR count). The minimum absolute atomic E-state index is 0.0564. The number of hydrogen-bond acceptors (Lipinski definition) is 8. The van der Waals surface area contributed by atoms with E-state index in [2.05, 4.69) is 35.8 Å². The Morgan fingerprint density at radius 2 is 2.03 bits per heavy atom. The quantitative estimate of drug-likeness (QED) is 0.588. The highest BCUT2D eigenvalue weighted by molar-refractivity contribution is 5.93. The lowest BCUT2D eigenvalue weighted by molar-refractivity contribution is -0.146. The lowest BCUT2D eigenvalue weighted by atomic mass is 10.1. The molecule has 1 aliphatic heterocycles. The Hall–Kier alpha value is -3.03. The molecule has 10 heteroatoms. The van der Waals surface area contributed by atoms with Gasteiger partial charge in [-0.3, -0.25) is 9.59 Å². The highest BCUT2D eigenvalue weighted by Gasteiger charge is 2.30. The Bertz CT molecular complexity index is 866. The van der Waals surface area contributed by atoms with Gasteiger partial charge in [0, 0.05) is 13.0 Å². The number of amides is 1. The number of aromatic nitrogens is 3. The molecule has 3 N–H and O–H groups in total. The number of carbonyl (C=O) groups is 2. The molecule has 0 spiro atoms. The Morgan fingerprint density at radius 1 is 1.31 bits per heavy atom. The topological polar surface area (TPSA) is 145 Å². The number of nitrogens with one attached hydrogen (secondary N) is 1. The summed E-state index contributed by atoms with van der Waals surface area (Å²) in [4.78, 5) is 27.4. The fourth-order valence-electron chi connectivity index (χ4n) is 3.12. The van der Waals surface area contributed by atoms with Crippen LogP contribution >= 0.6 is 0 Å². The molecule has 10 nitrogen and oxygen atoms in total. The highest BCUT2D eigenvalue weighted by Crippen LogP contribution is 2.34. The molecule has 2 aromatic heterocycles. The third kappa shape index (κ3) is 7.90. The van der Waals surface area contributed by atoms with E-state index in [-0.39, 0.29) is 31.3 Å². The maximum absolute atomic E-state index is 12.0. The van der Waals surface area contributed by atoms with E-state index in [0.717, 1.165) is 36.9 Å². The van der Waals surface area contributed by atoms with Gasteiger partial charge >= 0.3 is 5.97 Å². The molecule has 176 valence electrons. The molecule has 0 radical (unpaired) electrons. The average Bonchev–Trinajstić information content (AvgIpc) is 3.45. The van der Waals surface area contributed by atoms with Gasteiger partial charge in [-0.1, -0.05) is 33.6 Å². The van der Waals surface area contributed by atoms with Crippen LogP contribution in [0.2, 0.25) is 0 Å². The van der Waals surface area contributed by atoms with Crippen LogP contribution in [-0.4, -0.2) is 45.7 Å². The lowest BCUT2D eigenvalue weighted by Gasteiger charge is -2.14. The van der Waals surface area contributed by atoms with E-state index in [1.54, 1.807) is 4.52 Å². The van der Waals surface area contributed by atoms with Gasteiger partial charge in [-0.15, -0.1) is 0 Å². The highest BCUT2D eigenvalue weighted by atomic mass is 16.6. The van der Waals surface area contributed by atoms with Gasteiger partial charge in [0.15, 0.2) is 5.82 Å². The number of nitrogens with zero attached hydrogens (tertiary/aromatic N) is 4. The third-order valence-electron chi connectivity index (χ3n) is 4.53. The van der Waals surface area contributed by atoms with E-state index in [9.17, 15) is 9.59 Å². The van der Waals surface area contributed by atoms with Gasteiger partial charge in [0.2, 0.25) is 5.91 Å². The van der Waals surface area contributed by atoms with Gasteiger partial charge in [-0.05, 0) is 31.4 Å². The SMILES string of the molecule is C#N.CCC.CCCCC(=O)Nc1ncnn2c(C3CCC(COC(=O)CN)O3)ccc12. The summed E-state index contributed by atoms with van der Waals surface area (Å²) in [7, 11) is 0. The van der Waals surface area contributed by atoms with Crippen LogP contribution in [0.4, 0.5) is 5.82 Å². The van der Waals surface area contributed by atoms with E-state index in [1.165, 1.54) is 12.7 Å². The summed E-state index contributed by atoms with van der Waals surface area (Å²) in [6.45, 7) is 9.86. The van der Waals surface area contributed by atoms with Crippen molar-refractivity contribution in [2.45, 2.75) is 71.5 Å². The molecule has 2 aromatic rings. The molecule has 2 unspecified atom stereocenters. The molecular weight excluding hydrogens is 412 g/mol. The largest absolute Gasteiger partial charge is 0.462 e. The number of fused-ring (bicyclic) bond motifs is 1. The van der Waals surface area contributed by atoms with Crippen LogP contribution in [0.25, 0.3) is 5.52 Å². The molecule has 1 amide bonds. The van der Waals surface area contributed by atoms with Crippen molar-refractivity contribution in [3.63, 3.8) is 0 Å². The Labute approximate surface area is 189 Å². The molecule has 0 aromatic carbocycles. The van der Waals surface area contributed by atoms with Crippen molar-refractivity contribution in [2.24, 2.45) is 5.73 Å². The smallest absolute Gasteiger partial charge is 0.319 e. The first-order valence-electron chi connectivity index (χ1n) is 10.9. The molecule has 2 atom stereocenters. The van der Waals surface area contributed by atoms with Gasteiger partial charge in [-0.2, -0.15) is 5.10 Å². The van der Waals surface area contributed by atoms with E-state index < -0.39 is 5.97 Å². The fraction of sp³-hybridized carbons (Fsp3) is 0.591. The van der Waals surface area contributed by atoms with Crippen molar-refractivity contribution < 1.29 is 19.1 Å². The van der Waals surface area contributed by atoms with Gasteiger partial charge in [0.1, 0.15) is 24.6 Å². The molecule has 0 aliphatic carbocycles. The lowest BCUT2D eigenvalue weighted by Crippen LogP contribution is -2.23. The molecule has 3 heterocycles. The number of anilines is 1. The second-order valence-electron chi connectivity index (χ2n) is 7.23. The van der Waals surface area contributed by atoms with Crippen molar-refractivity contribution in [1.29, 1.82) is 5.26 Å². The molecule has 1 fully saturated rings.